The van der Waals surface area contributed by atoms with Crippen LogP contribution < -0.4 is 0 Å². The molecular weight excluding hydrogens is 228 g/mol. The van der Waals surface area contributed by atoms with Gasteiger partial charge in [0.25, 0.3) is 0 Å². The first-order valence-electron chi connectivity index (χ1n) is 6.72. The van der Waals surface area contributed by atoms with Crippen LogP contribution in [0.1, 0.15) is 34.6 Å². The van der Waals surface area contributed by atoms with Gasteiger partial charge < -0.3 is 4.74 Å². The van der Waals surface area contributed by atoms with Crippen LogP contribution in [0.15, 0.2) is 0 Å². The number of rotatable bonds is 3. The average Bonchev–Trinajstić information content (AvgIpc) is 2.26. The lowest BCUT2D eigenvalue weighted by Crippen LogP contribution is -2.55. The summed E-state index contributed by atoms with van der Waals surface area (Å²) >= 11 is 0. The van der Waals surface area contributed by atoms with Crippen LogP contribution in [0, 0.1) is 5.41 Å². The molecule has 0 radical (unpaired) electrons. The van der Waals surface area contributed by atoms with E-state index >= 15 is 0 Å². The minimum atomic E-state index is -0.418. The molecule has 4 heteroatoms. The van der Waals surface area contributed by atoms with Crippen molar-refractivity contribution in [2.24, 2.45) is 5.41 Å². The highest BCUT2D eigenvalue weighted by atomic mass is 16.5. The number of carbonyl (C=O) groups excluding carboxylic acids is 1. The average molecular weight is 256 g/mol. The highest BCUT2D eigenvalue weighted by molar-refractivity contribution is 5.76. The van der Waals surface area contributed by atoms with Crippen LogP contribution >= 0.6 is 0 Å². The molecule has 1 saturated heterocycles. The van der Waals surface area contributed by atoms with Crippen LogP contribution in [0.4, 0.5) is 0 Å². The fraction of sp³-hybridized carbons (Fsp3) is 0.929. The van der Waals surface area contributed by atoms with Crippen molar-refractivity contribution >= 4 is 5.97 Å². The minimum Gasteiger partial charge on any atom is -0.469 e. The molecular formula is C14H28N2O2. The SMILES string of the molecule is COC(=O)C(C)(C)CN1CCN(C(C)(C)C)CC1. The number of methoxy groups -OCH3 is 1. The summed E-state index contributed by atoms with van der Waals surface area (Å²) in [4.78, 5) is 16.5. The highest BCUT2D eigenvalue weighted by Gasteiger charge is 2.33. The number of hydrogen-bond donors (Lipinski definition) is 0. The van der Waals surface area contributed by atoms with Gasteiger partial charge in [0, 0.05) is 38.3 Å². The van der Waals surface area contributed by atoms with Crippen molar-refractivity contribution in [2.75, 3.05) is 39.8 Å². The van der Waals surface area contributed by atoms with Crippen molar-refractivity contribution < 1.29 is 9.53 Å². The van der Waals surface area contributed by atoms with Gasteiger partial charge in [0.1, 0.15) is 0 Å². The molecule has 1 aliphatic heterocycles. The number of carbonyl (C=O) groups is 1. The van der Waals surface area contributed by atoms with E-state index < -0.39 is 5.41 Å². The van der Waals surface area contributed by atoms with E-state index in [1.807, 2.05) is 13.8 Å². The summed E-state index contributed by atoms with van der Waals surface area (Å²) in [5.41, 5.74) is -0.178. The van der Waals surface area contributed by atoms with Crippen LogP contribution in [0.2, 0.25) is 0 Å². The van der Waals surface area contributed by atoms with E-state index in [-0.39, 0.29) is 11.5 Å². The summed E-state index contributed by atoms with van der Waals surface area (Å²) < 4.78 is 4.86. The number of piperazine rings is 1. The molecule has 0 saturated carbocycles. The van der Waals surface area contributed by atoms with Crippen molar-refractivity contribution in [1.29, 1.82) is 0 Å². The smallest absolute Gasteiger partial charge is 0.312 e. The van der Waals surface area contributed by atoms with E-state index in [0.717, 1.165) is 32.7 Å². The molecule has 1 heterocycles. The number of ether oxygens (including phenoxy) is 1. The topological polar surface area (TPSA) is 32.8 Å². The first-order chi connectivity index (χ1) is 8.16. The Morgan fingerprint density at radius 1 is 1.06 bits per heavy atom. The van der Waals surface area contributed by atoms with Crippen molar-refractivity contribution in [1.82, 2.24) is 9.80 Å². The molecule has 1 fully saturated rings. The minimum absolute atomic E-state index is 0.124. The Morgan fingerprint density at radius 2 is 1.56 bits per heavy atom. The predicted octanol–water partition coefficient (Wildman–Crippen LogP) is 1.60. The first-order valence-corrected chi connectivity index (χ1v) is 6.72. The molecule has 106 valence electrons. The molecule has 0 aliphatic carbocycles. The molecule has 0 bridgehead atoms. The zero-order valence-electron chi connectivity index (χ0n) is 12.7. The summed E-state index contributed by atoms with van der Waals surface area (Å²) in [7, 11) is 1.46. The van der Waals surface area contributed by atoms with Gasteiger partial charge in [-0.2, -0.15) is 0 Å². The third kappa shape index (κ3) is 3.95. The number of nitrogens with zero attached hydrogens (tertiary/aromatic N) is 2. The van der Waals surface area contributed by atoms with Gasteiger partial charge in [0.2, 0.25) is 0 Å². The fourth-order valence-electron chi connectivity index (χ4n) is 2.48. The second kappa shape index (κ2) is 5.57. The molecule has 18 heavy (non-hydrogen) atoms. The van der Waals surface area contributed by atoms with Gasteiger partial charge in [-0.05, 0) is 34.6 Å². The summed E-state index contributed by atoms with van der Waals surface area (Å²) in [6, 6.07) is 0. The molecule has 1 aliphatic rings. The van der Waals surface area contributed by atoms with E-state index in [9.17, 15) is 4.79 Å². The molecule has 0 N–H and O–H groups in total. The molecule has 1 rings (SSSR count). The summed E-state index contributed by atoms with van der Waals surface area (Å²) in [6.07, 6.45) is 0. The molecule has 4 nitrogen and oxygen atoms in total. The maximum atomic E-state index is 11.7. The van der Waals surface area contributed by atoms with Gasteiger partial charge in [-0.1, -0.05) is 0 Å². The van der Waals surface area contributed by atoms with Crippen LogP contribution in [-0.4, -0.2) is 61.1 Å². The lowest BCUT2D eigenvalue weighted by molar-refractivity contribution is -0.152. The third-order valence-electron chi connectivity index (χ3n) is 3.68. The lowest BCUT2D eigenvalue weighted by atomic mass is 9.92. The van der Waals surface area contributed by atoms with Crippen LogP contribution in [0.25, 0.3) is 0 Å². The van der Waals surface area contributed by atoms with Crippen molar-refractivity contribution in [3.8, 4) is 0 Å². The quantitative estimate of drug-likeness (QED) is 0.718. The highest BCUT2D eigenvalue weighted by Crippen LogP contribution is 2.21. The van der Waals surface area contributed by atoms with Gasteiger partial charge in [0.05, 0.1) is 12.5 Å². The van der Waals surface area contributed by atoms with Gasteiger partial charge in [0.15, 0.2) is 0 Å². The third-order valence-corrected chi connectivity index (χ3v) is 3.68. The number of hydrogen-bond acceptors (Lipinski definition) is 4. The molecule has 0 aromatic carbocycles. The van der Waals surface area contributed by atoms with Crippen LogP contribution in [-0.2, 0) is 9.53 Å². The van der Waals surface area contributed by atoms with E-state index in [1.54, 1.807) is 0 Å². The Bertz CT molecular complexity index is 287. The van der Waals surface area contributed by atoms with E-state index in [2.05, 4.69) is 30.6 Å². The van der Waals surface area contributed by atoms with Gasteiger partial charge in [-0.15, -0.1) is 0 Å². The Morgan fingerprint density at radius 3 is 1.94 bits per heavy atom. The van der Waals surface area contributed by atoms with Gasteiger partial charge in [-0.25, -0.2) is 0 Å². The van der Waals surface area contributed by atoms with Crippen molar-refractivity contribution in [3.63, 3.8) is 0 Å². The molecule has 0 aromatic heterocycles. The standard InChI is InChI=1S/C14H28N2O2/c1-13(2,3)16-9-7-15(8-10-16)11-14(4,5)12(17)18-6/h7-11H2,1-6H3. The molecule has 0 aromatic rings. The second-order valence-electron chi connectivity index (χ2n) is 6.81. The van der Waals surface area contributed by atoms with Crippen LogP contribution in [0.5, 0.6) is 0 Å². The van der Waals surface area contributed by atoms with Gasteiger partial charge in [-0.3, -0.25) is 14.6 Å². The van der Waals surface area contributed by atoms with E-state index in [4.69, 9.17) is 4.74 Å². The molecule has 0 spiro atoms. The summed E-state index contributed by atoms with van der Waals surface area (Å²) in [6.45, 7) is 15.6. The fourth-order valence-corrected chi connectivity index (χ4v) is 2.48. The first kappa shape index (κ1) is 15.4. The monoisotopic (exact) mass is 256 g/mol. The second-order valence-corrected chi connectivity index (χ2v) is 6.81. The predicted molar refractivity (Wildman–Crippen MR) is 73.6 cm³/mol. The van der Waals surface area contributed by atoms with Crippen LogP contribution in [0.3, 0.4) is 0 Å². The Labute approximate surface area is 111 Å². The van der Waals surface area contributed by atoms with Crippen molar-refractivity contribution in [3.05, 3.63) is 0 Å². The Hall–Kier alpha value is -0.610. The lowest BCUT2D eigenvalue weighted by Gasteiger charge is -2.43. The number of esters is 1. The maximum absolute atomic E-state index is 11.7. The largest absolute Gasteiger partial charge is 0.469 e. The van der Waals surface area contributed by atoms with E-state index in [0.29, 0.717) is 0 Å². The Balaban J connectivity index is 2.47. The zero-order valence-corrected chi connectivity index (χ0v) is 12.7. The summed E-state index contributed by atoms with van der Waals surface area (Å²) in [5.74, 6) is -0.124. The van der Waals surface area contributed by atoms with Crippen molar-refractivity contribution in [2.45, 2.75) is 40.2 Å². The molecule has 0 unspecified atom stereocenters. The van der Waals surface area contributed by atoms with Gasteiger partial charge >= 0.3 is 5.97 Å². The normalized spacial score (nSPS) is 19.9. The summed E-state index contributed by atoms with van der Waals surface area (Å²) in [5, 5.41) is 0. The maximum Gasteiger partial charge on any atom is 0.312 e. The molecule has 0 atom stereocenters. The molecule has 0 amide bonds. The Kier molecular flexibility index (Phi) is 4.78. The van der Waals surface area contributed by atoms with E-state index in [1.165, 1.54) is 7.11 Å². The zero-order chi connectivity index (χ0) is 14.0.